The molecule has 0 saturated carbocycles. The number of rotatable bonds is 6. The summed E-state index contributed by atoms with van der Waals surface area (Å²) in [5.41, 5.74) is 0. The van der Waals surface area contributed by atoms with Crippen molar-refractivity contribution in [1.82, 2.24) is 9.97 Å². The second-order valence-corrected chi connectivity index (χ2v) is 3.86. The third-order valence-electron chi connectivity index (χ3n) is 2.49. The Labute approximate surface area is 96.5 Å². The van der Waals surface area contributed by atoms with E-state index in [2.05, 4.69) is 29.1 Å². The summed E-state index contributed by atoms with van der Waals surface area (Å²) in [6.45, 7) is 4.92. The van der Waals surface area contributed by atoms with Crippen LogP contribution in [0.25, 0.3) is 0 Å². The van der Waals surface area contributed by atoms with Crippen molar-refractivity contribution < 1.29 is 5.11 Å². The van der Waals surface area contributed by atoms with Crippen molar-refractivity contribution in [2.75, 3.05) is 30.4 Å². The molecule has 2 N–H and O–H groups in total. The number of likely N-dealkylation sites (N-methyl/N-ethyl adjacent to an activating group) is 1. The molecule has 1 unspecified atom stereocenters. The first-order valence-corrected chi connectivity index (χ1v) is 5.58. The van der Waals surface area contributed by atoms with E-state index in [1.807, 2.05) is 18.0 Å². The van der Waals surface area contributed by atoms with Crippen molar-refractivity contribution in [2.45, 2.75) is 26.3 Å². The molecule has 0 aliphatic heterocycles. The lowest BCUT2D eigenvalue weighted by Crippen LogP contribution is -2.23. The van der Waals surface area contributed by atoms with E-state index in [1.165, 1.54) is 6.33 Å². The smallest absolute Gasteiger partial charge is 0.133 e. The molecule has 0 aliphatic carbocycles. The fraction of sp³-hybridized carbons (Fsp3) is 0.636. The van der Waals surface area contributed by atoms with Crippen molar-refractivity contribution in [3.63, 3.8) is 0 Å². The summed E-state index contributed by atoms with van der Waals surface area (Å²) in [6.07, 6.45) is 2.58. The lowest BCUT2D eigenvalue weighted by molar-refractivity contribution is 0.304. The molecule has 0 saturated heterocycles. The number of hydrogen-bond donors (Lipinski definition) is 2. The zero-order chi connectivity index (χ0) is 12.0. The van der Waals surface area contributed by atoms with Crippen LogP contribution in [0.15, 0.2) is 12.4 Å². The van der Waals surface area contributed by atoms with Gasteiger partial charge < -0.3 is 15.3 Å². The molecule has 1 heterocycles. The van der Waals surface area contributed by atoms with Crippen LogP contribution in [0, 0.1) is 0 Å². The van der Waals surface area contributed by atoms with Gasteiger partial charge in [-0.1, -0.05) is 6.92 Å². The summed E-state index contributed by atoms with van der Waals surface area (Å²) >= 11 is 0. The Morgan fingerprint density at radius 2 is 2.25 bits per heavy atom. The number of anilines is 2. The number of aliphatic hydroxyl groups is 1. The quantitative estimate of drug-likeness (QED) is 0.758. The number of aliphatic hydroxyl groups excluding tert-OH is 1. The van der Waals surface area contributed by atoms with Crippen LogP contribution in [-0.2, 0) is 0 Å². The van der Waals surface area contributed by atoms with Gasteiger partial charge in [0.05, 0.1) is 6.61 Å². The Bertz CT molecular complexity index is 319. The maximum absolute atomic E-state index is 8.85. The van der Waals surface area contributed by atoms with Crippen LogP contribution in [0.1, 0.15) is 20.3 Å². The molecule has 0 fully saturated rings. The second kappa shape index (κ2) is 6.27. The number of hydrogen-bond acceptors (Lipinski definition) is 5. The van der Waals surface area contributed by atoms with Gasteiger partial charge in [-0.2, -0.15) is 0 Å². The van der Waals surface area contributed by atoms with E-state index in [0.29, 0.717) is 12.6 Å². The molecule has 90 valence electrons. The van der Waals surface area contributed by atoms with E-state index in [4.69, 9.17) is 5.11 Å². The van der Waals surface area contributed by atoms with Gasteiger partial charge in [-0.25, -0.2) is 9.97 Å². The average Bonchev–Trinajstić information content (AvgIpc) is 2.29. The van der Waals surface area contributed by atoms with Crippen LogP contribution in [0.4, 0.5) is 11.6 Å². The van der Waals surface area contributed by atoms with Crippen LogP contribution in [-0.4, -0.2) is 41.3 Å². The van der Waals surface area contributed by atoms with Gasteiger partial charge in [0.15, 0.2) is 0 Å². The highest BCUT2D eigenvalue weighted by molar-refractivity contribution is 5.48. The summed E-state index contributed by atoms with van der Waals surface area (Å²) in [7, 11) is 1.89. The fourth-order valence-electron chi connectivity index (χ4n) is 1.25. The summed E-state index contributed by atoms with van der Waals surface area (Å²) in [5.74, 6) is 1.64. The summed E-state index contributed by atoms with van der Waals surface area (Å²) < 4.78 is 0. The van der Waals surface area contributed by atoms with Gasteiger partial charge in [0.1, 0.15) is 18.0 Å². The topological polar surface area (TPSA) is 61.3 Å². The second-order valence-electron chi connectivity index (χ2n) is 3.86. The van der Waals surface area contributed by atoms with E-state index >= 15 is 0 Å². The average molecular weight is 224 g/mol. The number of nitrogens with one attached hydrogen (secondary N) is 1. The molecule has 1 atom stereocenters. The minimum Gasteiger partial charge on any atom is -0.395 e. The third-order valence-corrected chi connectivity index (χ3v) is 2.49. The molecule has 1 aromatic rings. The zero-order valence-corrected chi connectivity index (χ0v) is 10.1. The minimum atomic E-state index is 0.120. The third kappa shape index (κ3) is 3.66. The van der Waals surface area contributed by atoms with Crippen molar-refractivity contribution in [1.29, 1.82) is 0 Å². The zero-order valence-electron chi connectivity index (χ0n) is 10.1. The standard InChI is InChI=1S/C11H20N4O/c1-4-9(2)14-10-7-11(13-8-12-10)15(3)5-6-16/h7-9,16H,4-6H2,1-3H3,(H,12,13,14). The Morgan fingerprint density at radius 1 is 1.50 bits per heavy atom. The fourth-order valence-corrected chi connectivity index (χ4v) is 1.25. The van der Waals surface area contributed by atoms with Gasteiger partial charge >= 0.3 is 0 Å². The first-order chi connectivity index (χ1) is 7.67. The van der Waals surface area contributed by atoms with Gasteiger partial charge in [-0.3, -0.25) is 0 Å². The van der Waals surface area contributed by atoms with Crippen LogP contribution in [0.3, 0.4) is 0 Å². The Morgan fingerprint density at radius 3 is 2.88 bits per heavy atom. The summed E-state index contributed by atoms with van der Waals surface area (Å²) in [6, 6.07) is 2.29. The van der Waals surface area contributed by atoms with Crippen molar-refractivity contribution >= 4 is 11.6 Å². The van der Waals surface area contributed by atoms with Gasteiger partial charge in [0.25, 0.3) is 0 Å². The predicted octanol–water partition coefficient (Wildman–Crippen LogP) is 1.12. The number of nitrogens with zero attached hydrogens (tertiary/aromatic N) is 3. The van der Waals surface area contributed by atoms with E-state index in [-0.39, 0.29) is 6.61 Å². The Hall–Kier alpha value is -1.36. The maximum Gasteiger partial charge on any atom is 0.133 e. The first kappa shape index (κ1) is 12.7. The lowest BCUT2D eigenvalue weighted by atomic mass is 10.2. The van der Waals surface area contributed by atoms with Gasteiger partial charge in [-0.05, 0) is 13.3 Å². The molecule has 1 aromatic heterocycles. The SMILES string of the molecule is CCC(C)Nc1cc(N(C)CCO)ncn1. The Kier molecular flexibility index (Phi) is 4.98. The monoisotopic (exact) mass is 224 g/mol. The molecule has 5 heteroatoms. The minimum absolute atomic E-state index is 0.120. The van der Waals surface area contributed by atoms with E-state index in [1.54, 1.807) is 0 Å². The molecule has 0 aliphatic rings. The molecule has 0 amide bonds. The lowest BCUT2D eigenvalue weighted by Gasteiger charge is -2.18. The van der Waals surface area contributed by atoms with E-state index in [9.17, 15) is 0 Å². The highest BCUT2D eigenvalue weighted by Crippen LogP contribution is 2.13. The maximum atomic E-state index is 8.85. The van der Waals surface area contributed by atoms with Crippen LogP contribution >= 0.6 is 0 Å². The van der Waals surface area contributed by atoms with Crippen LogP contribution < -0.4 is 10.2 Å². The van der Waals surface area contributed by atoms with Crippen molar-refractivity contribution in [3.8, 4) is 0 Å². The molecule has 0 bridgehead atoms. The molecular weight excluding hydrogens is 204 g/mol. The van der Waals surface area contributed by atoms with Gasteiger partial charge in [0.2, 0.25) is 0 Å². The van der Waals surface area contributed by atoms with E-state index < -0.39 is 0 Å². The molecule has 16 heavy (non-hydrogen) atoms. The molecule has 0 aromatic carbocycles. The van der Waals surface area contributed by atoms with Crippen LogP contribution in [0.2, 0.25) is 0 Å². The molecule has 0 radical (unpaired) electrons. The largest absolute Gasteiger partial charge is 0.395 e. The Balaban J connectivity index is 2.70. The summed E-state index contributed by atoms with van der Waals surface area (Å²) in [5, 5.41) is 12.1. The van der Waals surface area contributed by atoms with Crippen molar-refractivity contribution in [3.05, 3.63) is 12.4 Å². The van der Waals surface area contributed by atoms with Gasteiger partial charge in [0, 0.05) is 25.7 Å². The predicted molar refractivity (Wildman–Crippen MR) is 65.8 cm³/mol. The molecular formula is C11H20N4O. The first-order valence-electron chi connectivity index (χ1n) is 5.58. The highest BCUT2D eigenvalue weighted by atomic mass is 16.3. The molecule has 5 nitrogen and oxygen atoms in total. The highest BCUT2D eigenvalue weighted by Gasteiger charge is 2.05. The normalized spacial score (nSPS) is 12.2. The number of aromatic nitrogens is 2. The van der Waals surface area contributed by atoms with E-state index in [0.717, 1.165) is 18.1 Å². The van der Waals surface area contributed by atoms with Crippen molar-refractivity contribution in [2.24, 2.45) is 0 Å². The van der Waals surface area contributed by atoms with Crippen LogP contribution in [0.5, 0.6) is 0 Å². The molecule has 0 spiro atoms. The molecule has 1 rings (SSSR count). The van der Waals surface area contributed by atoms with Gasteiger partial charge in [-0.15, -0.1) is 0 Å². The summed E-state index contributed by atoms with van der Waals surface area (Å²) in [4.78, 5) is 10.2.